The normalized spacial score (nSPS) is 41.7. The van der Waals surface area contributed by atoms with E-state index in [0.717, 1.165) is 0 Å². The Bertz CT molecular complexity index is 109. The van der Waals surface area contributed by atoms with E-state index in [1.165, 1.54) is 11.8 Å². The Labute approximate surface area is 64.1 Å². The van der Waals surface area contributed by atoms with Gasteiger partial charge in [-0.1, -0.05) is 0 Å². The molecular weight excluding hydrogens is 152 g/mol. The van der Waals surface area contributed by atoms with Crippen molar-refractivity contribution in [2.45, 2.75) is 23.9 Å². The van der Waals surface area contributed by atoms with Crippen LogP contribution in [0.4, 0.5) is 0 Å². The second-order valence-corrected chi connectivity index (χ2v) is 3.78. The van der Waals surface area contributed by atoms with Crippen LogP contribution >= 0.6 is 11.8 Å². The first-order valence-corrected chi connectivity index (χ1v) is 4.37. The van der Waals surface area contributed by atoms with Crippen LogP contribution in [-0.2, 0) is 0 Å². The SMILES string of the molecule is OCC1SCC(O)CC1O. The summed E-state index contributed by atoms with van der Waals surface area (Å²) in [7, 11) is 0. The highest BCUT2D eigenvalue weighted by molar-refractivity contribution is 8.00. The molecule has 0 aromatic carbocycles. The zero-order chi connectivity index (χ0) is 7.56. The van der Waals surface area contributed by atoms with Gasteiger partial charge in [-0.3, -0.25) is 0 Å². The summed E-state index contributed by atoms with van der Waals surface area (Å²) in [4.78, 5) is 0. The molecule has 1 fully saturated rings. The molecule has 0 spiro atoms. The minimum Gasteiger partial charge on any atom is -0.395 e. The van der Waals surface area contributed by atoms with Gasteiger partial charge in [0.1, 0.15) is 0 Å². The fourth-order valence-electron chi connectivity index (χ4n) is 1.02. The Morgan fingerprint density at radius 3 is 2.60 bits per heavy atom. The van der Waals surface area contributed by atoms with E-state index in [9.17, 15) is 5.11 Å². The lowest BCUT2D eigenvalue weighted by molar-refractivity contribution is 0.0710. The first kappa shape index (κ1) is 8.33. The number of thioether (sulfide) groups is 1. The molecule has 3 N–H and O–H groups in total. The Morgan fingerprint density at radius 1 is 1.40 bits per heavy atom. The second-order valence-electron chi connectivity index (χ2n) is 2.51. The monoisotopic (exact) mass is 164 g/mol. The number of rotatable bonds is 1. The van der Waals surface area contributed by atoms with Gasteiger partial charge in [-0.25, -0.2) is 0 Å². The second kappa shape index (κ2) is 3.57. The highest BCUT2D eigenvalue weighted by atomic mass is 32.2. The molecule has 0 radical (unpaired) electrons. The van der Waals surface area contributed by atoms with Crippen LogP contribution in [0.25, 0.3) is 0 Å². The van der Waals surface area contributed by atoms with Gasteiger partial charge in [-0.15, -0.1) is 0 Å². The zero-order valence-corrected chi connectivity index (χ0v) is 6.42. The fraction of sp³-hybridized carbons (Fsp3) is 1.00. The summed E-state index contributed by atoms with van der Waals surface area (Å²) in [6, 6.07) is 0. The molecule has 4 heteroatoms. The van der Waals surface area contributed by atoms with Crippen molar-refractivity contribution in [3.8, 4) is 0 Å². The molecule has 1 saturated heterocycles. The summed E-state index contributed by atoms with van der Waals surface area (Å²) >= 11 is 1.43. The van der Waals surface area contributed by atoms with Crippen molar-refractivity contribution >= 4 is 11.8 Å². The van der Waals surface area contributed by atoms with E-state index in [2.05, 4.69) is 0 Å². The van der Waals surface area contributed by atoms with E-state index in [0.29, 0.717) is 12.2 Å². The van der Waals surface area contributed by atoms with E-state index in [1.807, 2.05) is 0 Å². The molecule has 10 heavy (non-hydrogen) atoms. The molecule has 0 amide bonds. The van der Waals surface area contributed by atoms with Crippen LogP contribution in [0, 0.1) is 0 Å². The predicted molar refractivity (Wildman–Crippen MR) is 40.0 cm³/mol. The summed E-state index contributed by atoms with van der Waals surface area (Å²) in [5, 5.41) is 26.8. The highest BCUT2D eigenvalue weighted by Gasteiger charge is 2.27. The first-order chi connectivity index (χ1) is 4.74. The third kappa shape index (κ3) is 1.85. The van der Waals surface area contributed by atoms with Gasteiger partial charge in [0.05, 0.1) is 24.1 Å². The summed E-state index contributed by atoms with van der Waals surface area (Å²) in [6.45, 7) is -0.00144. The predicted octanol–water partition coefficient (Wildman–Crippen LogP) is -0.794. The molecule has 0 aliphatic carbocycles. The van der Waals surface area contributed by atoms with Gasteiger partial charge >= 0.3 is 0 Å². The lowest BCUT2D eigenvalue weighted by atomic mass is 10.1. The van der Waals surface area contributed by atoms with Crippen molar-refractivity contribution in [2.24, 2.45) is 0 Å². The lowest BCUT2D eigenvalue weighted by Gasteiger charge is -2.28. The van der Waals surface area contributed by atoms with Gasteiger partial charge < -0.3 is 15.3 Å². The molecule has 1 rings (SSSR count). The standard InChI is InChI=1S/C6H12O3S/c7-2-6-5(9)1-4(8)3-10-6/h4-9H,1-3H2. The van der Waals surface area contributed by atoms with Gasteiger partial charge in [-0.05, 0) is 0 Å². The molecule has 0 bridgehead atoms. The third-order valence-electron chi connectivity index (χ3n) is 1.63. The smallest absolute Gasteiger partial charge is 0.0705 e. The van der Waals surface area contributed by atoms with Crippen molar-refractivity contribution < 1.29 is 15.3 Å². The minimum atomic E-state index is -0.543. The van der Waals surface area contributed by atoms with Crippen LogP contribution in [-0.4, -0.2) is 45.1 Å². The Morgan fingerprint density at radius 2 is 2.10 bits per heavy atom. The molecule has 1 aliphatic rings. The average molecular weight is 164 g/mol. The number of hydrogen-bond donors (Lipinski definition) is 3. The topological polar surface area (TPSA) is 60.7 Å². The molecule has 1 aliphatic heterocycles. The van der Waals surface area contributed by atoms with Crippen LogP contribution in [0.15, 0.2) is 0 Å². The number of aliphatic hydroxyl groups is 3. The van der Waals surface area contributed by atoms with Crippen LogP contribution in [0.5, 0.6) is 0 Å². The van der Waals surface area contributed by atoms with Crippen LogP contribution < -0.4 is 0 Å². The third-order valence-corrected chi connectivity index (χ3v) is 3.09. The van der Waals surface area contributed by atoms with Crippen molar-refractivity contribution in [1.29, 1.82) is 0 Å². The minimum absolute atomic E-state index is 0.00144. The van der Waals surface area contributed by atoms with Crippen LogP contribution in [0.3, 0.4) is 0 Å². The van der Waals surface area contributed by atoms with E-state index in [-0.39, 0.29) is 11.9 Å². The summed E-state index contributed by atoms with van der Waals surface area (Å²) in [5.74, 6) is 0.627. The molecular formula is C6H12O3S. The summed E-state index contributed by atoms with van der Waals surface area (Å²) in [6.07, 6.45) is -0.542. The molecule has 3 nitrogen and oxygen atoms in total. The zero-order valence-electron chi connectivity index (χ0n) is 5.60. The quantitative estimate of drug-likeness (QED) is 0.475. The molecule has 1 heterocycles. The maximum atomic E-state index is 9.20. The van der Waals surface area contributed by atoms with Crippen molar-refractivity contribution in [3.63, 3.8) is 0 Å². The molecule has 0 aromatic heterocycles. The van der Waals surface area contributed by atoms with Crippen molar-refractivity contribution in [3.05, 3.63) is 0 Å². The molecule has 60 valence electrons. The average Bonchev–Trinajstić information content (AvgIpc) is 1.88. The number of aliphatic hydroxyl groups excluding tert-OH is 3. The molecule has 3 atom stereocenters. The number of hydrogen-bond acceptors (Lipinski definition) is 4. The van der Waals surface area contributed by atoms with Gasteiger partial charge in [0.2, 0.25) is 0 Å². The maximum Gasteiger partial charge on any atom is 0.0705 e. The Balaban J connectivity index is 2.36. The molecule has 0 saturated carbocycles. The molecule has 3 unspecified atom stereocenters. The Hall–Kier alpha value is 0.230. The van der Waals surface area contributed by atoms with E-state index in [4.69, 9.17) is 10.2 Å². The van der Waals surface area contributed by atoms with E-state index in [1.54, 1.807) is 0 Å². The maximum absolute atomic E-state index is 9.20. The summed E-state index contributed by atoms with van der Waals surface area (Å²) < 4.78 is 0. The lowest BCUT2D eigenvalue weighted by Crippen LogP contribution is -2.37. The van der Waals surface area contributed by atoms with Gasteiger partial charge in [0, 0.05) is 12.2 Å². The largest absolute Gasteiger partial charge is 0.395 e. The first-order valence-electron chi connectivity index (χ1n) is 3.32. The van der Waals surface area contributed by atoms with Crippen molar-refractivity contribution in [1.82, 2.24) is 0 Å². The molecule has 0 aromatic rings. The van der Waals surface area contributed by atoms with E-state index < -0.39 is 12.2 Å². The van der Waals surface area contributed by atoms with Gasteiger partial charge in [0.25, 0.3) is 0 Å². The van der Waals surface area contributed by atoms with Gasteiger partial charge in [0.15, 0.2) is 0 Å². The Kier molecular flexibility index (Phi) is 2.97. The van der Waals surface area contributed by atoms with Crippen LogP contribution in [0.1, 0.15) is 6.42 Å². The highest BCUT2D eigenvalue weighted by Crippen LogP contribution is 2.25. The fourth-order valence-corrected chi connectivity index (χ4v) is 2.06. The van der Waals surface area contributed by atoms with Crippen LogP contribution in [0.2, 0.25) is 0 Å². The van der Waals surface area contributed by atoms with Crippen molar-refractivity contribution in [2.75, 3.05) is 12.4 Å². The van der Waals surface area contributed by atoms with E-state index >= 15 is 0 Å². The summed E-state index contributed by atoms with van der Waals surface area (Å²) in [5.41, 5.74) is 0. The van der Waals surface area contributed by atoms with Gasteiger partial charge in [-0.2, -0.15) is 11.8 Å².